The number of rotatable bonds is 6. The molecular weight excluding hydrogens is 473 g/mol. The van der Waals surface area contributed by atoms with Gasteiger partial charge in [-0.15, -0.1) is 0 Å². The number of barbiturate groups is 1. The Balaban J connectivity index is 1.63. The molecule has 0 radical (unpaired) electrons. The maximum absolute atomic E-state index is 13.2. The standard InChI is InChI=1S/C26H23Cl2N3O3/c1-3-16(2)18-7-9-19(10-8-18)31-25(33)21(24(32)29-26(31)34)14-20-5-4-12-30(20)15-17-6-11-22(27)23(28)13-17/h4-14,16H,3,15H2,1-2H3,(H,29,32,34)/b21-14-/t16-/m0/s1. The third-order valence-corrected chi connectivity index (χ3v) is 6.67. The summed E-state index contributed by atoms with van der Waals surface area (Å²) < 4.78 is 1.87. The number of urea groups is 1. The van der Waals surface area contributed by atoms with Crippen LogP contribution in [0.15, 0.2) is 66.4 Å². The van der Waals surface area contributed by atoms with Gasteiger partial charge in [-0.2, -0.15) is 0 Å². The number of carbonyl (C=O) groups is 3. The summed E-state index contributed by atoms with van der Waals surface area (Å²) in [5.41, 5.74) is 2.93. The summed E-state index contributed by atoms with van der Waals surface area (Å²) in [6.07, 6.45) is 4.30. The number of hydrogen-bond acceptors (Lipinski definition) is 3. The molecule has 1 atom stereocenters. The number of benzene rings is 2. The lowest BCUT2D eigenvalue weighted by Gasteiger charge is -2.26. The van der Waals surface area contributed by atoms with Crippen LogP contribution >= 0.6 is 23.2 Å². The molecular formula is C26H23Cl2N3O3. The monoisotopic (exact) mass is 495 g/mol. The van der Waals surface area contributed by atoms with Gasteiger partial charge in [-0.3, -0.25) is 14.9 Å². The lowest BCUT2D eigenvalue weighted by atomic mass is 9.98. The summed E-state index contributed by atoms with van der Waals surface area (Å²) in [5, 5.41) is 3.18. The fourth-order valence-corrected chi connectivity index (χ4v) is 4.09. The van der Waals surface area contributed by atoms with Gasteiger partial charge in [0.15, 0.2) is 0 Å². The second-order valence-corrected chi connectivity index (χ2v) is 8.98. The van der Waals surface area contributed by atoms with E-state index in [0.29, 0.717) is 33.9 Å². The molecule has 0 saturated carbocycles. The normalized spacial score (nSPS) is 16.2. The number of amides is 4. The van der Waals surface area contributed by atoms with Crippen LogP contribution < -0.4 is 10.2 Å². The van der Waals surface area contributed by atoms with Crippen molar-refractivity contribution < 1.29 is 14.4 Å². The number of nitrogens with one attached hydrogen (secondary N) is 1. The Hall–Kier alpha value is -3.35. The number of halogens is 2. The molecule has 0 bridgehead atoms. The van der Waals surface area contributed by atoms with Crippen LogP contribution in [0.2, 0.25) is 10.0 Å². The van der Waals surface area contributed by atoms with E-state index in [9.17, 15) is 14.4 Å². The number of imide groups is 2. The minimum atomic E-state index is -0.769. The topological polar surface area (TPSA) is 71.4 Å². The summed E-state index contributed by atoms with van der Waals surface area (Å²) in [7, 11) is 0. The van der Waals surface area contributed by atoms with Gasteiger partial charge in [0.25, 0.3) is 11.8 Å². The van der Waals surface area contributed by atoms with Gasteiger partial charge in [-0.05, 0) is 65.9 Å². The maximum Gasteiger partial charge on any atom is 0.335 e. The van der Waals surface area contributed by atoms with Crippen molar-refractivity contribution in [2.45, 2.75) is 32.7 Å². The molecule has 3 aromatic rings. The van der Waals surface area contributed by atoms with Crippen LogP contribution in [0, 0.1) is 0 Å². The predicted octanol–water partition coefficient (Wildman–Crippen LogP) is 6.02. The first kappa shape index (κ1) is 23.8. The van der Waals surface area contributed by atoms with Gasteiger partial charge in [-0.25, -0.2) is 9.69 Å². The van der Waals surface area contributed by atoms with Crippen molar-refractivity contribution in [3.05, 3.63) is 93.2 Å². The lowest BCUT2D eigenvalue weighted by molar-refractivity contribution is -0.122. The molecule has 1 aliphatic heterocycles. The Morgan fingerprint density at radius 1 is 1.00 bits per heavy atom. The number of hydrogen-bond donors (Lipinski definition) is 1. The SMILES string of the molecule is CC[C@H](C)c1ccc(N2C(=O)NC(=O)/C(=C/c3cccn3Cc3ccc(Cl)c(Cl)c3)C2=O)cc1. The minimum absolute atomic E-state index is 0.125. The van der Waals surface area contributed by atoms with Gasteiger partial charge in [0.05, 0.1) is 15.7 Å². The van der Waals surface area contributed by atoms with Gasteiger partial charge >= 0.3 is 6.03 Å². The molecule has 4 rings (SSSR count). The zero-order chi connectivity index (χ0) is 24.4. The van der Waals surface area contributed by atoms with Crippen LogP contribution in [0.4, 0.5) is 10.5 Å². The van der Waals surface area contributed by atoms with Crippen molar-refractivity contribution >= 4 is 52.8 Å². The molecule has 34 heavy (non-hydrogen) atoms. The summed E-state index contributed by atoms with van der Waals surface area (Å²) in [6.45, 7) is 4.67. The highest BCUT2D eigenvalue weighted by Crippen LogP contribution is 2.26. The van der Waals surface area contributed by atoms with E-state index < -0.39 is 17.8 Å². The molecule has 1 N–H and O–H groups in total. The molecule has 2 aromatic carbocycles. The molecule has 0 spiro atoms. The Morgan fingerprint density at radius 3 is 2.41 bits per heavy atom. The van der Waals surface area contributed by atoms with Gasteiger partial charge < -0.3 is 4.57 Å². The molecule has 6 nitrogen and oxygen atoms in total. The average Bonchev–Trinajstić information content (AvgIpc) is 3.25. The van der Waals surface area contributed by atoms with Crippen molar-refractivity contribution in [3.63, 3.8) is 0 Å². The lowest BCUT2D eigenvalue weighted by Crippen LogP contribution is -2.54. The first-order valence-electron chi connectivity index (χ1n) is 10.9. The highest BCUT2D eigenvalue weighted by Gasteiger charge is 2.37. The van der Waals surface area contributed by atoms with Crippen molar-refractivity contribution in [1.82, 2.24) is 9.88 Å². The molecule has 1 aromatic heterocycles. The molecule has 1 aliphatic rings. The Bertz CT molecular complexity index is 1290. The number of anilines is 1. The summed E-state index contributed by atoms with van der Waals surface area (Å²) in [6, 6.07) is 15.4. The average molecular weight is 496 g/mol. The summed E-state index contributed by atoms with van der Waals surface area (Å²) >= 11 is 12.1. The fraction of sp³-hybridized carbons (Fsp3) is 0.192. The van der Waals surface area contributed by atoms with E-state index in [1.165, 1.54) is 6.08 Å². The number of nitrogens with zero attached hydrogens (tertiary/aromatic N) is 2. The highest BCUT2D eigenvalue weighted by molar-refractivity contribution is 6.42. The van der Waals surface area contributed by atoms with Crippen LogP contribution in [-0.2, 0) is 16.1 Å². The van der Waals surface area contributed by atoms with Gasteiger partial charge in [0.1, 0.15) is 5.57 Å². The number of carbonyl (C=O) groups excluding carboxylic acids is 3. The van der Waals surface area contributed by atoms with Gasteiger partial charge in [0, 0.05) is 18.4 Å². The smallest absolute Gasteiger partial charge is 0.335 e. The third kappa shape index (κ3) is 4.79. The molecule has 4 amide bonds. The minimum Gasteiger partial charge on any atom is -0.344 e. The largest absolute Gasteiger partial charge is 0.344 e. The zero-order valence-electron chi connectivity index (χ0n) is 18.7. The Morgan fingerprint density at radius 2 is 1.74 bits per heavy atom. The maximum atomic E-state index is 13.2. The van der Waals surface area contributed by atoms with E-state index in [1.807, 2.05) is 35.0 Å². The van der Waals surface area contributed by atoms with Crippen molar-refractivity contribution in [3.8, 4) is 0 Å². The molecule has 2 heterocycles. The van der Waals surface area contributed by atoms with E-state index in [-0.39, 0.29) is 5.57 Å². The first-order valence-corrected chi connectivity index (χ1v) is 11.6. The van der Waals surface area contributed by atoms with E-state index in [1.54, 1.807) is 30.3 Å². The van der Waals surface area contributed by atoms with E-state index in [2.05, 4.69) is 19.2 Å². The van der Waals surface area contributed by atoms with E-state index in [4.69, 9.17) is 23.2 Å². The molecule has 0 unspecified atom stereocenters. The van der Waals surface area contributed by atoms with E-state index in [0.717, 1.165) is 22.4 Å². The summed E-state index contributed by atoms with van der Waals surface area (Å²) in [4.78, 5) is 39.3. The van der Waals surface area contributed by atoms with Crippen molar-refractivity contribution in [2.24, 2.45) is 0 Å². The fourth-order valence-electron chi connectivity index (χ4n) is 3.76. The van der Waals surface area contributed by atoms with Gasteiger partial charge in [-0.1, -0.05) is 55.2 Å². The molecule has 1 saturated heterocycles. The van der Waals surface area contributed by atoms with E-state index >= 15 is 0 Å². The second-order valence-electron chi connectivity index (χ2n) is 8.17. The quantitative estimate of drug-likeness (QED) is 0.335. The van der Waals surface area contributed by atoms with Gasteiger partial charge in [0.2, 0.25) is 0 Å². The van der Waals surface area contributed by atoms with Crippen LogP contribution in [0.1, 0.15) is 43.0 Å². The van der Waals surface area contributed by atoms with Crippen LogP contribution in [0.3, 0.4) is 0 Å². The van der Waals surface area contributed by atoms with Crippen LogP contribution in [0.25, 0.3) is 6.08 Å². The molecule has 1 fully saturated rings. The van der Waals surface area contributed by atoms with Crippen LogP contribution in [0.5, 0.6) is 0 Å². The summed E-state index contributed by atoms with van der Waals surface area (Å²) in [5.74, 6) is -1.04. The zero-order valence-corrected chi connectivity index (χ0v) is 20.2. The molecule has 174 valence electrons. The molecule has 8 heteroatoms. The van der Waals surface area contributed by atoms with Crippen molar-refractivity contribution in [1.29, 1.82) is 0 Å². The Kier molecular flexibility index (Phi) is 6.91. The highest BCUT2D eigenvalue weighted by atomic mass is 35.5. The molecule has 0 aliphatic carbocycles. The predicted molar refractivity (Wildman–Crippen MR) is 134 cm³/mol. The number of aromatic nitrogens is 1. The third-order valence-electron chi connectivity index (χ3n) is 5.93. The second kappa shape index (κ2) is 9.87. The van der Waals surface area contributed by atoms with Crippen LogP contribution in [-0.4, -0.2) is 22.4 Å². The van der Waals surface area contributed by atoms with Crippen molar-refractivity contribution in [2.75, 3.05) is 4.90 Å². The first-order chi connectivity index (χ1) is 16.3. The Labute approximate surface area is 207 Å².